The van der Waals surface area contributed by atoms with E-state index in [2.05, 4.69) is 9.97 Å². The number of hydrogen-bond acceptors (Lipinski definition) is 4. The summed E-state index contributed by atoms with van der Waals surface area (Å²) in [6.07, 6.45) is 2.39. The molecule has 2 aromatic heterocycles. The summed E-state index contributed by atoms with van der Waals surface area (Å²) in [4.78, 5) is 18.0. The van der Waals surface area contributed by atoms with Crippen molar-refractivity contribution in [2.45, 2.75) is 6.54 Å². The van der Waals surface area contributed by atoms with Crippen LogP contribution >= 0.6 is 0 Å². The normalized spacial score (nSPS) is 11.0. The predicted octanol–water partition coefficient (Wildman–Crippen LogP) is -0.408. The molecule has 1 aromatic carbocycles. The fraction of sp³-hybridized carbons (Fsp3) is 0.0769. The van der Waals surface area contributed by atoms with Crippen LogP contribution in [0, 0.1) is 5.82 Å². The number of H-pyrrole nitrogens is 1. The first kappa shape index (κ1) is 13.5. The number of fused-ring (bicyclic) bond motifs is 1. The number of nitrogens with zero attached hydrogens (tertiary/aromatic N) is 2. The molecule has 0 unspecified atom stereocenters. The first-order valence-electron chi connectivity index (χ1n) is 6.23. The molecule has 0 saturated carbocycles. The maximum atomic E-state index is 13.8. The monoisotopic (exact) mass is 287 g/mol. The van der Waals surface area contributed by atoms with E-state index in [4.69, 9.17) is 10.0 Å². The minimum absolute atomic E-state index is 0.0288. The van der Waals surface area contributed by atoms with Crippen LogP contribution in [0.3, 0.4) is 0 Å². The summed E-state index contributed by atoms with van der Waals surface area (Å²) in [7, 11) is -1.53. The highest BCUT2D eigenvalue weighted by atomic mass is 19.1. The molecule has 0 aliphatic rings. The van der Waals surface area contributed by atoms with Crippen LogP contribution in [0.4, 0.5) is 4.39 Å². The Morgan fingerprint density at radius 1 is 1.29 bits per heavy atom. The van der Waals surface area contributed by atoms with Crippen molar-refractivity contribution in [2.75, 3.05) is 0 Å². The van der Waals surface area contributed by atoms with Gasteiger partial charge in [0.2, 0.25) is 0 Å². The van der Waals surface area contributed by atoms with Gasteiger partial charge in [-0.05, 0) is 11.0 Å². The Hall–Kier alpha value is -2.45. The van der Waals surface area contributed by atoms with Crippen LogP contribution in [0.2, 0.25) is 0 Å². The Balaban J connectivity index is 2.00. The molecule has 0 aliphatic heterocycles. The molecule has 2 heterocycles. The molecule has 0 aliphatic carbocycles. The summed E-state index contributed by atoms with van der Waals surface area (Å²) < 4.78 is 15.2. The van der Waals surface area contributed by atoms with Gasteiger partial charge in [0, 0.05) is 12.7 Å². The summed E-state index contributed by atoms with van der Waals surface area (Å²) in [5, 5.41) is 18.1. The van der Waals surface area contributed by atoms with E-state index < -0.39 is 18.5 Å². The lowest BCUT2D eigenvalue weighted by Gasteiger charge is -2.06. The third-order valence-electron chi connectivity index (χ3n) is 3.24. The molecule has 21 heavy (non-hydrogen) atoms. The Labute approximate surface area is 118 Å². The average Bonchev–Trinajstić information content (AvgIpc) is 2.77. The van der Waals surface area contributed by atoms with Crippen molar-refractivity contribution < 1.29 is 14.4 Å². The second-order valence-corrected chi connectivity index (χ2v) is 4.65. The first-order chi connectivity index (χ1) is 10.1. The van der Waals surface area contributed by atoms with Crippen LogP contribution in [0.1, 0.15) is 5.56 Å². The topological polar surface area (TPSA) is 91.1 Å². The lowest BCUT2D eigenvalue weighted by Crippen LogP contribution is -2.29. The van der Waals surface area contributed by atoms with Crippen LogP contribution in [0.15, 0.2) is 41.6 Å². The molecular formula is C13H11BFN3O3. The summed E-state index contributed by atoms with van der Waals surface area (Å²) in [5.41, 5.74) is 0.940. The Bertz CT molecular complexity index is 842. The minimum Gasteiger partial charge on any atom is -0.423 e. The molecule has 0 atom stereocenters. The molecule has 8 heteroatoms. The highest BCUT2D eigenvalue weighted by Gasteiger charge is 2.14. The summed E-state index contributed by atoms with van der Waals surface area (Å²) in [6.45, 7) is 0.275. The fourth-order valence-corrected chi connectivity index (χ4v) is 2.21. The van der Waals surface area contributed by atoms with Gasteiger partial charge in [-0.25, -0.2) is 9.37 Å². The van der Waals surface area contributed by atoms with Crippen molar-refractivity contribution in [1.82, 2.24) is 14.5 Å². The first-order valence-corrected chi connectivity index (χ1v) is 6.23. The molecular weight excluding hydrogens is 276 g/mol. The maximum absolute atomic E-state index is 13.8. The standard InChI is InChI=1S/C13H11BFN3O3/c15-10-6-18(12-11(10)16-7-17-13(12)19)5-8-1-3-9(4-2-8)14(20)21/h1-4,6-7,20-21H,5H2,(H,16,17,19). The third-order valence-corrected chi connectivity index (χ3v) is 3.24. The van der Waals surface area contributed by atoms with Gasteiger partial charge in [-0.2, -0.15) is 0 Å². The molecule has 0 amide bonds. The molecule has 0 bridgehead atoms. The molecule has 3 N–H and O–H groups in total. The Kier molecular flexibility index (Phi) is 3.32. The lowest BCUT2D eigenvalue weighted by molar-refractivity contribution is 0.426. The van der Waals surface area contributed by atoms with Gasteiger partial charge < -0.3 is 19.6 Å². The van der Waals surface area contributed by atoms with E-state index in [-0.39, 0.29) is 17.6 Å². The van der Waals surface area contributed by atoms with E-state index in [1.165, 1.54) is 10.8 Å². The van der Waals surface area contributed by atoms with E-state index in [1.54, 1.807) is 24.3 Å². The van der Waals surface area contributed by atoms with Gasteiger partial charge in [-0.3, -0.25) is 4.79 Å². The predicted molar refractivity (Wildman–Crippen MR) is 75.7 cm³/mol. The molecule has 0 fully saturated rings. The largest absolute Gasteiger partial charge is 0.488 e. The number of aromatic amines is 1. The SMILES string of the molecule is O=c1[nH]cnc2c(F)cn(Cc3ccc(B(O)O)cc3)c12. The number of aromatic nitrogens is 3. The lowest BCUT2D eigenvalue weighted by atomic mass is 9.80. The van der Waals surface area contributed by atoms with Gasteiger partial charge in [0.15, 0.2) is 5.82 Å². The molecule has 6 nitrogen and oxygen atoms in total. The Morgan fingerprint density at radius 3 is 2.67 bits per heavy atom. The van der Waals surface area contributed by atoms with Crippen LogP contribution in [0.5, 0.6) is 0 Å². The van der Waals surface area contributed by atoms with Crippen molar-refractivity contribution >= 4 is 23.6 Å². The summed E-state index contributed by atoms with van der Waals surface area (Å²) >= 11 is 0. The Morgan fingerprint density at radius 2 is 2.00 bits per heavy atom. The summed E-state index contributed by atoms with van der Waals surface area (Å²) in [6, 6.07) is 6.49. The highest BCUT2D eigenvalue weighted by Crippen LogP contribution is 2.15. The molecule has 106 valence electrons. The molecule has 3 rings (SSSR count). The number of halogens is 1. The van der Waals surface area contributed by atoms with Crippen molar-refractivity contribution in [3.05, 3.63) is 58.5 Å². The van der Waals surface area contributed by atoms with Gasteiger partial charge in [0.25, 0.3) is 5.56 Å². The van der Waals surface area contributed by atoms with Gasteiger partial charge in [0.1, 0.15) is 11.0 Å². The van der Waals surface area contributed by atoms with Crippen LogP contribution in [0.25, 0.3) is 11.0 Å². The quantitative estimate of drug-likeness (QED) is 0.571. The van der Waals surface area contributed by atoms with Crippen molar-refractivity contribution in [3.8, 4) is 0 Å². The average molecular weight is 287 g/mol. The molecule has 0 saturated heterocycles. The van der Waals surface area contributed by atoms with Crippen LogP contribution in [-0.2, 0) is 6.54 Å². The maximum Gasteiger partial charge on any atom is 0.488 e. The van der Waals surface area contributed by atoms with Crippen molar-refractivity contribution in [3.63, 3.8) is 0 Å². The van der Waals surface area contributed by atoms with Gasteiger partial charge in [0.05, 0.1) is 6.33 Å². The third kappa shape index (κ3) is 2.46. The fourth-order valence-electron chi connectivity index (χ4n) is 2.21. The van der Waals surface area contributed by atoms with E-state index in [0.29, 0.717) is 5.46 Å². The van der Waals surface area contributed by atoms with E-state index in [9.17, 15) is 9.18 Å². The van der Waals surface area contributed by atoms with E-state index in [0.717, 1.165) is 11.9 Å². The van der Waals surface area contributed by atoms with Gasteiger partial charge in [-0.15, -0.1) is 0 Å². The molecule has 0 radical (unpaired) electrons. The zero-order valence-electron chi connectivity index (χ0n) is 10.8. The smallest absolute Gasteiger partial charge is 0.423 e. The van der Waals surface area contributed by atoms with Crippen LogP contribution < -0.4 is 11.0 Å². The van der Waals surface area contributed by atoms with Crippen molar-refractivity contribution in [2.24, 2.45) is 0 Å². The van der Waals surface area contributed by atoms with E-state index in [1.807, 2.05) is 0 Å². The number of nitrogens with one attached hydrogen (secondary N) is 1. The second kappa shape index (κ2) is 5.15. The highest BCUT2D eigenvalue weighted by molar-refractivity contribution is 6.58. The summed E-state index contributed by atoms with van der Waals surface area (Å²) in [5.74, 6) is -0.557. The van der Waals surface area contributed by atoms with Crippen molar-refractivity contribution in [1.29, 1.82) is 0 Å². The van der Waals surface area contributed by atoms with Crippen LogP contribution in [-0.4, -0.2) is 31.7 Å². The minimum atomic E-state index is -1.53. The second-order valence-electron chi connectivity index (χ2n) is 4.65. The van der Waals surface area contributed by atoms with E-state index >= 15 is 0 Å². The number of rotatable bonds is 3. The molecule has 3 aromatic rings. The number of benzene rings is 1. The number of hydrogen-bond donors (Lipinski definition) is 3. The van der Waals surface area contributed by atoms with Gasteiger partial charge in [-0.1, -0.05) is 24.3 Å². The molecule has 0 spiro atoms. The zero-order valence-corrected chi connectivity index (χ0v) is 10.8. The van der Waals surface area contributed by atoms with Gasteiger partial charge >= 0.3 is 7.12 Å². The zero-order chi connectivity index (χ0) is 15.0.